The van der Waals surface area contributed by atoms with Gasteiger partial charge in [0.1, 0.15) is 0 Å². The molecular formula is C19H32N2O. The van der Waals surface area contributed by atoms with E-state index in [0.29, 0.717) is 22.7 Å². The van der Waals surface area contributed by atoms with Crippen LogP contribution in [-0.2, 0) is 4.79 Å². The molecular weight excluding hydrogens is 272 g/mol. The average molecular weight is 304 g/mol. The van der Waals surface area contributed by atoms with E-state index in [1.165, 1.54) is 32.1 Å². The van der Waals surface area contributed by atoms with Crippen LogP contribution in [0.15, 0.2) is 0 Å². The molecule has 5 rings (SSSR count). The average Bonchev–Trinajstić information content (AvgIpc) is 2.42. The lowest BCUT2D eigenvalue weighted by Crippen LogP contribution is -2.61. The van der Waals surface area contributed by atoms with E-state index in [1.54, 1.807) is 0 Å². The summed E-state index contributed by atoms with van der Waals surface area (Å²) in [5.41, 5.74) is 6.69. The van der Waals surface area contributed by atoms with E-state index in [4.69, 9.17) is 5.73 Å². The van der Waals surface area contributed by atoms with Crippen LogP contribution in [0.25, 0.3) is 0 Å². The van der Waals surface area contributed by atoms with Crippen molar-refractivity contribution in [2.45, 2.75) is 65.2 Å². The smallest absolute Gasteiger partial charge is 0.228 e. The minimum Gasteiger partial charge on any atom is -0.342 e. The van der Waals surface area contributed by atoms with Crippen LogP contribution < -0.4 is 5.73 Å². The van der Waals surface area contributed by atoms with Gasteiger partial charge in [0.2, 0.25) is 5.91 Å². The van der Waals surface area contributed by atoms with E-state index in [1.807, 2.05) is 0 Å². The van der Waals surface area contributed by atoms with Crippen molar-refractivity contribution in [1.82, 2.24) is 4.90 Å². The highest BCUT2D eigenvalue weighted by molar-refractivity contribution is 5.83. The summed E-state index contributed by atoms with van der Waals surface area (Å²) in [5, 5.41) is 0. The van der Waals surface area contributed by atoms with Crippen LogP contribution in [0.2, 0.25) is 0 Å². The molecule has 0 radical (unpaired) electrons. The lowest BCUT2D eigenvalue weighted by molar-refractivity contribution is -0.180. The lowest BCUT2D eigenvalue weighted by atomic mass is 9.40. The second-order valence-electron chi connectivity index (χ2n) is 9.91. The third kappa shape index (κ3) is 2.23. The van der Waals surface area contributed by atoms with Crippen molar-refractivity contribution < 1.29 is 4.79 Å². The summed E-state index contributed by atoms with van der Waals surface area (Å²) in [6.07, 6.45) is 9.88. The molecule has 4 saturated carbocycles. The fourth-order valence-electron chi connectivity index (χ4n) is 7.46. The van der Waals surface area contributed by atoms with Crippen molar-refractivity contribution in [2.75, 3.05) is 19.6 Å². The van der Waals surface area contributed by atoms with Crippen molar-refractivity contribution in [3.63, 3.8) is 0 Å². The Bertz CT molecular complexity index is 470. The van der Waals surface area contributed by atoms with E-state index in [0.717, 1.165) is 44.8 Å². The fraction of sp³-hybridized carbons (Fsp3) is 0.947. The standard InChI is InChI=1S/C19H32N2O/c1-17-6-15-7-18(2,11-17)13-19(8-15,12-17)16(22)21-5-3-4-14(9-20)10-21/h14-15H,3-13,20H2,1-2H3. The van der Waals surface area contributed by atoms with Gasteiger partial charge in [-0.3, -0.25) is 4.79 Å². The van der Waals surface area contributed by atoms with Crippen LogP contribution in [0.1, 0.15) is 65.2 Å². The van der Waals surface area contributed by atoms with Gasteiger partial charge in [0.05, 0.1) is 5.41 Å². The summed E-state index contributed by atoms with van der Waals surface area (Å²) in [7, 11) is 0. The fourth-order valence-corrected chi connectivity index (χ4v) is 7.46. The van der Waals surface area contributed by atoms with Gasteiger partial charge in [0.15, 0.2) is 0 Å². The summed E-state index contributed by atoms with van der Waals surface area (Å²) in [5.74, 6) is 1.82. The van der Waals surface area contributed by atoms with Gasteiger partial charge in [0.25, 0.3) is 0 Å². The minimum atomic E-state index is -0.0284. The van der Waals surface area contributed by atoms with Gasteiger partial charge in [-0.05, 0) is 80.6 Å². The van der Waals surface area contributed by atoms with Gasteiger partial charge in [-0.2, -0.15) is 0 Å². The topological polar surface area (TPSA) is 46.3 Å². The third-order valence-corrected chi connectivity index (χ3v) is 7.22. The Hall–Kier alpha value is -0.570. The maximum atomic E-state index is 13.5. The molecule has 22 heavy (non-hydrogen) atoms. The molecule has 4 aliphatic carbocycles. The first-order chi connectivity index (χ1) is 10.4. The Morgan fingerprint density at radius 1 is 1.14 bits per heavy atom. The van der Waals surface area contributed by atoms with E-state index in [2.05, 4.69) is 18.7 Å². The van der Waals surface area contributed by atoms with Crippen LogP contribution in [0, 0.1) is 28.1 Å². The highest BCUT2D eigenvalue weighted by atomic mass is 16.2. The second-order valence-corrected chi connectivity index (χ2v) is 9.91. The first-order valence-corrected chi connectivity index (χ1v) is 9.35. The molecule has 1 aliphatic heterocycles. The summed E-state index contributed by atoms with van der Waals surface area (Å²) in [6.45, 7) is 7.52. The molecule has 3 unspecified atom stereocenters. The van der Waals surface area contributed by atoms with E-state index < -0.39 is 0 Å². The Labute approximate surface area is 135 Å². The summed E-state index contributed by atoms with van der Waals surface area (Å²) >= 11 is 0. The number of hydrogen-bond donors (Lipinski definition) is 1. The highest BCUT2D eigenvalue weighted by Gasteiger charge is 2.63. The van der Waals surface area contributed by atoms with Crippen molar-refractivity contribution in [2.24, 2.45) is 33.8 Å². The van der Waals surface area contributed by atoms with E-state index >= 15 is 0 Å². The third-order valence-electron chi connectivity index (χ3n) is 7.22. The van der Waals surface area contributed by atoms with Gasteiger partial charge in [-0.25, -0.2) is 0 Å². The maximum Gasteiger partial charge on any atom is 0.228 e. The van der Waals surface area contributed by atoms with Crippen LogP contribution >= 0.6 is 0 Å². The molecule has 3 nitrogen and oxygen atoms in total. The molecule has 5 aliphatic rings. The molecule has 124 valence electrons. The molecule has 3 heteroatoms. The molecule has 0 aromatic rings. The van der Waals surface area contributed by atoms with E-state index in [9.17, 15) is 4.79 Å². The van der Waals surface area contributed by atoms with Crippen molar-refractivity contribution in [3.8, 4) is 0 Å². The van der Waals surface area contributed by atoms with Crippen LogP contribution in [0.5, 0.6) is 0 Å². The quantitative estimate of drug-likeness (QED) is 0.851. The predicted octanol–water partition coefficient (Wildman–Crippen LogP) is 3.18. The zero-order valence-corrected chi connectivity index (χ0v) is 14.4. The molecule has 4 bridgehead atoms. The number of hydrogen-bond acceptors (Lipinski definition) is 2. The van der Waals surface area contributed by atoms with Crippen LogP contribution in [0.4, 0.5) is 0 Å². The van der Waals surface area contributed by atoms with Gasteiger partial charge >= 0.3 is 0 Å². The number of nitrogens with zero attached hydrogens (tertiary/aromatic N) is 1. The van der Waals surface area contributed by atoms with Gasteiger partial charge < -0.3 is 10.6 Å². The first-order valence-electron chi connectivity index (χ1n) is 9.35. The Morgan fingerprint density at radius 2 is 1.82 bits per heavy atom. The normalized spacial score (nSPS) is 50.4. The van der Waals surface area contributed by atoms with Crippen molar-refractivity contribution in [1.29, 1.82) is 0 Å². The number of rotatable bonds is 2. The summed E-state index contributed by atoms with van der Waals surface area (Å²) < 4.78 is 0. The lowest BCUT2D eigenvalue weighted by Gasteiger charge is -2.65. The highest BCUT2D eigenvalue weighted by Crippen LogP contribution is 2.69. The van der Waals surface area contributed by atoms with Crippen molar-refractivity contribution in [3.05, 3.63) is 0 Å². The van der Waals surface area contributed by atoms with Crippen LogP contribution in [0.3, 0.4) is 0 Å². The first kappa shape index (κ1) is 15.0. The van der Waals surface area contributed by atoms with E-state index in [-0.39, 0.29) is 5.41 Å². The van der Waals surface area contributed by atoms with Gasteiger partial charge in [-0.15, -0.1) is 0 Å². The number of amides is 1. The molecule has 5 fully saturated rings. The van der Waals surface area contributed by atoms with Crippen LogP contribution in [-0.4, -0.2) is 30.4 Å². The molecule has 1 amide bonds. The van der Waals surface area contributed by atoms with Gasteiger partial charge in [-0.1, -0.05) is 13.8 Å². The zero-order chi connectivity index (χ0) is 15.6. The molecule has 0 spiro atoms. The summed E-state index contributed by atoms with van der Waals surface area (Å²) in [6, 6.07) is 0. The van der Waals surface area contributed by atoms with Crippen molar-refractivity contribution >= 4 is 5.91 Å². The largest absolute Gasteiger partial charge is 0.342 e. The molecule has 3 atom stereocenters. The van der Waals surface area contributed by atoms with Gasteiger partial charge in [0, 0.05) is 13.1 Å². The number of carbonyl (C=O) groups is 1. The molecule has 0 aromatic carbocycles. The number of piperidine rings is 1. The molecule has 1 heterocycles. The number of carbonyl (C=O) groups excluding carboxylic acids is 1. The Balaban J connectivity index is 1.60. The summed E-state index contributed by atoms with van der Waals surface area (Å²) in [4.78, 5) is 15.7. The SMILES string of the molecule is CC12CC3CC(C)(C1)CC(C(=O)N1CCCC(CN)C1)(C3)C2. The minimum absolute atomic E-state index is 0.0284. The number of nitrogens with two attached hydrogens (primary N) is 1. The predicted molar refractivity (Wildman–Crippen MR) is 88.2 cm³/mol. The molecule has 1 saturated heterocycles. The Morgan fingerprint density at radius 3 is 2.41 bits per heavy atom. The zero-order valence-electron chi connectivity index (χ0n) is 14.4. The maximum absolute atomic E-state index is 13.5. The molecule has 2 N–H and O–H groups in total. The molecule has 0 aromatic heterocycles. The number of likely N-dealkylation sites (tertiary alicyclic amines) is 1. The Kier molecular flexibility index (Phi) is 3.21. The monoisotopic (exact) mass is 304 g/mol. The second kappa shape index (κ2) is 4.72.